The van der Waals surface area contributed by atoms with Crippen molar-refractivity contribution in [2.45, 2.75) is 6.42 Å². The maximum atomic E-state index is 11.8. The van der Waals surface area contributed by atoms with Gasteiger partial charge in [-0.25, -0.2) is 0 Å². The monoisotopic (exact) mass is 276 g/mol. The minimum absolute atomic E-state index is 0.0783. The molecule has 6 heteroatoms. The SMILES string of the molecule is O=C(NCCc1ccsc1)c1cccc([N+](=O)[O-])c1. The fraction of sp³-hybridized carbons (Fsp3) is 0.154. The highest BCUT2D eigenvalue weighted by Crippen LogP contribution is 2.13. The summed E-state index contributed by atoms with van der Waals surface area (Å²) in [6, 6.07) is 7.71. The summed E-state index contributed by atoms with van der Waals surface area (Å²) in [6.07, 6.45) is 0.754. The van der Waals surface area contributed by atoms with Crippen LogP contribution in [0.3, 0.4) is 0 Å². The Morgan fingerprint density at radius 3 is 2.89 bits per heavy atom. The summed E-state index contributed by atoms with van der Waals surface area (Å²) in [5, 5.41) is 17.4. The van der Waals surface area contributed by atoms with Gasteiger partial charge in [0.15, 0.2) is 0 Å². The summed E-state index contributed by atoms with van der Waals surface area (Å²) in [4.78, 5) is 21.9. The Labute approximate surface area is 114 Å². The number of benzene rings is 1. The average molecular weight is 276 g/mol. The third kappa shape index (κ3) is 3.62. The van der Waals surface area contributed by atoms with Gasteiger partial charge in [-0.2, -0.15) is 11.3 Å². The van der Waals surface area contributed by atoms with Crippen LogP contribution >= 0.6 is 11.3 Å². The molecule has 1 amide bonds. The van der Waals surface area contributed by atoms with Crippen LogP contribution in [0.4, 0.5) is 5.69 Å². The predicted octanol–water partition coefficient (Wildman–Crippen LogP) is 2.63. The second-order valence-electron chi connectivity index (χ2n) is 3.94. The number of nitrogens with zero attached hydrogens (tertiary/aromatic N) is 1. The first-order chi connectivity index (χ1) is 9.16. The van der Waals surface area contributed by atoms with Gasteiger partial charge in [0.2, 0.25) is 0 Å². The van der Waals surface area contributed by atoms with Gasteiger partial charge in [0.25, 0.3) is 11.6 Å². The molecule has 1 heterocycles. The normalized spacial score (nSPS) is 10.1. The van der Waals surface area contributed by atoms with E-state index in [1.807, 2.05) is 16.8 Å². The predicted molar refractivity (Wildman–Crippen MR) is 73.5 cm³/mol. The van der Waals surface area contributed by atoms with Gasteiger partial charge in [0.05, 0.1) is 4.92 Å². The average Bonchev–Trinajstić information content (AvgIpc) is 2.92. The highest BCUT2D eigenvalue weighted by Gasteiger charge is 2.10. The Hall–Kier alpha value is -2.21. The molecule has 98 valence electrons. The second-order valence-corrected chi connectivity index (χ2v) is 4.72. The van der Waals surface area contributed by atoms with Crippen LogP contribution < -0.4 is 5.32 Å². The van der Waals surface area contributed by atoms with Gasteiger partial charge in [-0.05, 0) is 34.9 Å². The Kier molecular flexibility index (Phi) is 4.25. The number of nitro benzene ring substituents is 1. The lowest BCUT2D eigenvalue weighted by molar-refractivity contribution is -0.384. The molecule has 0 aliphatic heterocycles. The first kappa shape index (κ1) is 13.2. The van der Waals surface area contributed by atoms with Crippen LogP contribution in [0.1, 0.15) is 15.9 Å². The molecule has 0 fully saturated rings. The van der Waals surface area contributed by atoms with E-state index in [4.69, 9.17) is 0 Å². The standard InChI is InChI=1S/C13H12N2O3S/c16-13(14-6-4-10-5-7-19-9-10)11-2-1-3-12(8-11)15(17)18/h1-3,5,7-9H,4,6H2,(H,14,16). The Morgan fingerprint density at radius 1 is 1.37 bits per heavy atom. The molecular formula is C13H12N2O3S. The Morgan fingerprint density at radius 2 is 2.21 bits per heavy atom. The summed E-state index contributed by atoms with van der Waals surface area (Å²) in [5.74, 6) is -0.293. The van der Waals surface area contributed by atoms with Crippen molar-refractivity contribution in [3.05, 3.63) is 62.3 Å². The number of hydrogen-bond donors (Lipinski definition) is 1. The van der Waals surface area contributed by atoms with E-state index < -0.39 is 4.92 Å². The summed E-state index contributed by atoms with van der Waals surface area (Å²) < 4.78 is 0. The molecule has 0 spiro atoms. The van der Waals surface area contributed by atoms with E-state index in [2.05, 4.69) is 5.32 Å². The summed E-state index contributed by atoms with van der Waals surface area (Å²) in [6.45, 7) is 0.512. The van der Waals surface area contributed by atoms with Crippen molar-refractivity contribution in [1.82, 2.24) is 5.32 Å². The number of carbonyl (C=O) groups excluding carboxylic acids is 1. The van der Waals surface area contributed by atoms with E-state index >= 15 is 0 Å². The van der Waals surface area contributed by atoms with Gasteiger partial charge in [-0.3, -0.25) is 14.9 Å². The van der Waals surface area contributed by atoms with Crippen LogP contribution in [0.5, 0.6) is 0 Å². The van der Waals surface area contributed by atoms with Crippen LogP contribution in [0.15, 0.2) is 41.1 Å². The number of carbonyl (C=O) groups is 1. The molecule has 0 bridgehead atoms. The summed E-state index contributed by atoms with van der Waals surface area (Å²) in [7, 11) is 0. The van der Waals surface area contributed by atoms with Crippen molar-refractivity contribution in [2.75, 3.05) is 6.54 Å². The molecule has 19 heavy (non-hydrogen) atoms. The fourth-order valence-corrected chi connectivity index (χ4v) is 2.32. The molecular weight excluding hydrogens is 264 g/mol. The topological polar surface area (TPSA) is 72.2 Å². The zero-order valence-corrected chi connectivity index (χ0v) is 10.9. The molecule has 0 aliphatic carbocycles. The second kappa shape index (κ2) is 6.10. The van der Waals surface area contributed by atoms with Crippen molar-refractivity contribution in [2.24, 2.45) is 0 Å². The van der Waals surface area contributed by atoms with Crippen molar-refractivity contribution in [1.29, 1.82) is 0 Å². The first-order valence-electron chi connectivity index (χ1n) is 5.70. The largest absolute Gasteiger partial charge is 0.352 e. The highest BCUT2D eigenvalue weighted by molar-refractivity contribution is 7.07. The molecule has 0 atom stereocenters. The summed E-state index contributed by atoms with van der Waals surface area (Å²) in [5.41, 5.74) is 1.40. The van der Waals surface area contributed by atoms with E-state index in [1.165, 1.54) is 23.8 Å². The summed E-state index contributed by atoms with van der Waals surface area (Å²) >= 11 is 1.61. The van der Waals surface area contributed by atoms with Gasteiger partial charge in [-0.15, -0.1) is 0 Å². The molecule has 0 radical (unpaired) electrons. The highest BCUT2D eigenvalue weighted by atomic mass is 32.1. The smallest absolute Gasteiger partial charge is 0.270 e. The van der Waals surface area contributed by atoms with Crippen molar-refractivity contribution >= 4 is 22.9 Å². The van der Waals surface area contributed by atoms with E-state index in [9.17, 15) is 14.9 Å². The zero-order chi connectivity index (χ0) is 13.7. The maximum absolute atomic E-state index is 11.8. The van der Waals surface area contributed by atoms with Crippen LogP contribution in [-0.4, -0.2) is 17.4 Å². The lowest BCUT2D eigenvalue weighted by Gasteiger charge is -2.04. The number of rotatable bonds is 5. The molecule has 1 aromatic carbocycles. The van der Waals surface area contributed by atoms with E-state index in [-0.39, 0.29) is 11.6 Å². The van der Waals surface area contributed by atoms with E-state index in [1.54, 1.807) is 17.4 Å². The van der Waals surface area contributed by atoms with Gasteiger partial charge >= 0.3 is 0 Å². The van der Waals surface area contributed by atoms with Gasteiger partial charge in [0, 0.05) is 24.2 Å². The molecule has 0 unspecified atom stereocenters. The number of hydrogen-bond acceptors (Lipinski definition) is 4. The quantitative estimate of drug-likeness (QED) is 0.674. The minimum atomic E-state index is -0.512. The van der Waals surface area contributed by atoms with Gasteiger partial charge in [-0.1, -0.05) is 6.07 Å². The maximum Gasteiger partial charge on any atom is 0.270 e. The first-order valence-corrected chi connectivity index (χ1v) is 6.65. The Balaban J connectivity index is 1.92. The number of nitrogens with one attached hydrogen (secondary N) is 1. The number of non-ortho nitro benzene ring substituents is 1. The molecule has 0 saturated heterocycles. The van der Waals surface area contributed by atoms with E-state index in [0.29, 0.717) is 12.1 Å². The van der Waals surface area contributed by atoms with Crippen molar-refractivity contribution in [3.8, 4) is 0 Å². The Bertz CT molecular complexity index is 581. The van der Waals surface area contributed by atoms with Gasteiger partial charge in [0.1, 0.15) is 0 Å². The number of nitro groups is 1. The third-order valence-electron chi connectivity index (χ3n) is 2.60. The molecule has 2 aromatic rings. The fourth-order valence-electron chi connectivity index (χ4n) is 1.62. The van der Waals surface area contributed by atoms with Crippen LogP contribution in [0, 0.1) is 10.1 Å². The molecule has 1 aromatic heterocycles. The van der Waals surface area contributed by atoms with Crippen LogP contribution in [-0.2, 0) is 6.42 Å². The molecule has 0 saturated carbocycles. The minimum Gasteiger partial charge on any atom is -0.352 e. The lowest BCUT2D eigenvalue weighted by Crippen LogP contribution is -2.25. The van der Waals surface area contributed by atoms with Crippen molar-refractivity contribution in [3.63, 3.8) is 0 Å². The lowest BCUT2D eigenvalue weighted by atomic mass is 10.2. The molecule has 5 nitrogen and oxygen atoms in total. The van der Waals surface area contributed by atoms with Crippen LogP contribution in [0.25, 0.3) is 0 Å². The molecule has 0 aliphatic rings. The molecule has 1 N–H and O–H groups in total. The third-order valence-corrected chi connectivity index (χ3v) is 3.33. The number of amides is 1. The van der Waals surface area contributed by atoms with Gasteiger partial charge < -0.3 is 5.32 Å². The van der Waals surface area contributed by atoms with Crippen LogP contribution in [0.2, 0.25) is 0 Å². The van der Waals surface area contributed by atoms with Crippen molar-refractivity contribution < 1.29 is 9.72 Å². The number of thiophene rings is 1. The molecule has 2 rings (SSSR count). The van der Waals surface area contributed by atoms with E-state index in [0.717, 1.165) is 6.42 Å². The zero-order valence-electron chi connectivity index (χ0n) is 10.0.